The van der Waals surface area contributed by atoms with E-state index in [0.717, 1.165) is 29.0 Å². The van der Waals surface area contributed by atoms with Gasteiger partial charge in [-0.2, -0.15) is 0 Å². The molecule has 116 valence electrons. The average Bonchev–Trinajstić information content (AvgIpc) is 2.51. The summed E-state index contributed by atoms with van der Waals surface area (Å²) in [7, 11) is 0. The Hall–Kier alpha value is -1.62. The molecule has 1 aliphatic rings. The van der Waals surface area contributed by atoms with Crippen molar-refractivity contribution in [3.8, 4) is 0 Å². The molecule has 2 atom stereocenters. The van der Waals surface area contributed by atoms with Gasteiger partial charge in [-0.05, 0) is 24.3 Å². The van der Waals surface area contributed by atoms with Crippen molar-refractivity contribution in [2.75, 3.05) is 18.8 Å². The van der Waals surface area contributed by atoms with Crippen LogP contribution < -0.4 is 0 Å². The van der Waals surface area contributed by atoms with Gasteiger partial charge in [0.05, 0.1) is 11.3 Å². The van der Waals surface area contributed by atoms with Gasteiger partial charge in [-0.1, -0.05) is 43.8 Å². The minimum Gasteiger partial charge on any atom is -0.341 e. The first kappa shape index (κ1) is 15.3. The molecule has 1 aromatic heterocycles. The van der Waals surface area contributed by atoms with Crippen LogP contribution in [0.2, 0.25) is 0 Å². The average molecular weight is 315 g/mol. The number of carbonyl (C=O) groups is 1. The minimum absolute atomic E-state index is 0.214. The summed E-state index contributed by atoms with van der Waals surface area (Å²) in [6, 6.07) is 7.92. The molecule has 0 N–H and O–H groups in total. The lowest BCUT2D eigenvalue weighted by molar-refractivity contribution is -0.130. The number of hydrogen-bond donors (Lipinski definition) is 0. The molecule has 0 aliphatic carbocycles. The van der Waals surface area contributed by atoms with E-state index in [0.29, 0.717) is 17.6 Å². The van der Waals surface area contributed by atoms with Crippen molar-refractivity contribution in [2.45, 2.75) is 25.3 Å². The number of carbonyl (C=O) groups excluding carboxylic acids is 1. The molecular weight excluding hydrogens is 294 g/mol. The molecule has 5 heteroatoms. The van der Waals surface area contributed by atoms with Crippen LogP contribution in [-0.4, -0.2) is 39.6 Å². The van der Waals surface area contributed by atoms with Crippen molar-refractivity contribution in [1.29, 1.82) is 0 Å². The van der Waals surface area contributed by atoms with E-state index in [-0.39, 0.29) is 5.91 Å². The Morgan fingerprint density at radius 3 is 2.73 bits per heavy atom. The summed E-state index contributed by atoms with van der Waals surface area (Å²) < 4.78 is 0. The maximum absolute atomic E-state index is 12.5. The third-order valence-electron chi connectivity index (χ3n) is 4.06. The Morgan fingerprint density at radius 2 is 1.95 bits per heavy atom. The fraction of sp³-hybridized carbons (Fsp3) is 0.471. The predicted molar refractivity (Wildman–Crippen MR) is 89.8 cm³/mol. The number of aromatic nitrogens is 2. The van der Waals surface area contributed by atoms with Gasteiger partial charge in [-0.3, -0.25) is 4.79 Å². The summed E-state index contributed by atoms with van der Waals surface area (Å²) in [5, 5.41) is 1.90. The van der Waals surface area contributed by atoms with Gasteiger partial charge in [0, 0.05) is 18.5 Å². The molecule has 22 heavy (non-hydrogen) atoms. The van der Waals surface area contributed by atoms with Gasteiger partial charge in [-0.25, -0.2) is 9.97 Å². The number of thioether (sulfide) groups is 1. The van der Waals surface area contributed by atoms with Crippen LogP contribution >= 0.6 is 11.8 Å². The number of rotatable bonds is 3. The van der Waals surface area contributed by atoms with Crippen LogP contribution in [0, 0.1) is 11.8 Å². The van der Waals surface area contributed by atoms with E-state index in [1.807, 2.05) is 29.2 Å². The number of hydrogen-bond acceptors (Lipinski definition) is 4. The molecule has 3 rings (SSSR count). The first-order valence-corrected chi connectivity index (χ1v) is 8.72. The van der Waals surface area contributed by atoms with Crippen LogP contribution in [0.4, 0.5) is 0 Å². The maximum atomic E-state index is 12.5. The summed E-state index contributed by atoms with van der Waals surface area (Å²) in [6.07, 6.45) is 2.79. The van der Waals surface area contributed by atoms with Gasteiger partial charge in [0.1, 0.15) is 11.4 Å². The van der Waals surface area contributed by atoms with Gasteiger partial charge in [0.15, 0.2) is 0 Å². The molecule has 1 fully saturated rings. The number of benzene rings is 1. The molecule has 0 radical (unpaired) electrons. The van der Waals surface area contributed by atoms with Crippen molar-refractivity contribution in [1.82, 2.24) is 14.9 Å². The highest BCUT2D eigenvalue weighted by atomic mass is 32.2. The highest BCUT2D eigenvalue weighted by molar-refractivity contribution is 8.00. The summed E-state index contributed by atoms with van der Waals surface area (Å²) in [4.78, 5) is 23.1. The third-order valence-corrected chi connectivity index (χ3v) is 5.05. The molecular formula is C17H21N3OS. The van der Waals surface area contributed by atoms with Crippen molar-refractivity contribution in [3.05, 3.63) is 30.6 Å². The highest BCUT2D eigenvalue weighted by Gasteiger charge is 2.25. The molecule has 0 spiro atoms. The zero-order chi connectivity index (χ0) is 15.5. The maximum Gasteiger partial charge on any atom is 0.233 e. The second-order valence-corrected chi connectivity index (χ2v) is 7.19. The Bertz CT molecular complexity index is 661. The van der Waals surface area contributed by atoms with Crippen LogP contribution in [0.3, 0.4) is 0 Å². The van der Waals surface area contributed by atoms with Gasteiger partial charge in [0.25, 0.3) is 0 Å². The van der Waals surface area contributed by atoms with Crippen molar-refractivity contribution < 1.29 is 4.79 Å². The van der Waals surface area contributed by atoms with E-state index >= 15 is 0 Å². The Labute approximate surface area is 135 Å². The van der Waals surface area contributed by atoms with Crippen molar-refractivity contribution >= 4 is 28.6 Å². The molecule has 4 nitrogen and oxygen atoms in total. The fourth-order valence-electron chi connectivity index (χ4n) is 3.18. The van der Waals surface area contributed by atoms with Crippen LogP contribution in [-0.2, 0) is 4.79 Å². The lowest BCUT2D eigenvalue weighted by Gasteiger charge is -2.35. The molecule has 1 aromatic carbocycles. The minimum atomic E-state index is 0.214. The number of nitrogens with zero attached hydrogens (tertiary/aromatic N) is 3. The molecule has 2 unspecified atom stereocenters. The number of piperidine rings is 1. The topological polar surface area (TPSA) is 46.1 Å². The largest absolute Gasteiger partial charge is 0.341 e. The Kier molecular flexibility index (Phi) is 4.62. The van der Waals surface area contributed by atoms with Gasteiger partial charge in [-0.15, -0.1) is 0 Å². The number of para-hydroxylation sites is 1. The molecule has 1 aliphatic heterocycles. The highest BCUT2D eigenvalue weighted by Crippen LogP contribution is 2.26. The molecule has 1 amide bonds. The SMILES string of the molecule is CC1CC(C)CN(C(=O)CSc2ncnc3ccccc23)C1. The number of likely N-dealkylation sites (tertiary alicyclic amines) is 1. The van der Waals surface area contributed by atoms with Crippen LogP contribution in [0.15, 0.2) is 35.6 Å². The van der Waals surface area contributed by atoms with Crippen LogP contribution in [0.1, 0.15) is 20.3 Å². The molecule has 0 saturated carbocycles. The van der Waals surface area contributed by atoms with Crippen LogP contribution in [0.5, 0.6) is 0 Å². The van der Waals surface area contributed by atoms with E-state index in [1.54, 1.807) is 6.33 Å². The summed E-state index contributed by atoms with van der Waals surface area (Å²) in [6.45, 7) is 6.21. The van der Waals surface area contributed by atoms with Gasteiger partial charge >= 0.3 is 0 Å². The van der Waals surface area contributed by atoms with E-state index in [4.69, 9.17) is 0 Å². The first-order valence-electron chi connectivity index (χ1n) is 7.74. The summed E-state index contributed by atoms with van der Waals surface area (Å²) >= 11 is 1.51. The lowest BCUT2D eigenvalue weighted by atomic mass is 9.92. The van der Waals surface area contributed by atoms with E-state index in [9.17, 15) is 4.79 Å². The van der Waals surface area contributed by atoms with Crippen molar-refractivity contribution in [3.63, 3.8) is 0 Å². The molecule has 2 heterocycles. The third kappa shape index (κ3) is 3.40. The summed E-state index contributed by atoms with van der Waals surface area (Å²) in [5.41, 5.74) is 0.924. The normalized spacial score (nSPS) is 22.0. The van der Waals surface area contributed by atoms with Gasteiger partial charge < -0.3 is 4.90 Å². The second-order valence-electron chi connectivity index (χ2n) is 6.23. The quantitative estimate of drug-likeness (QED) is 0.644. The van der Waals surface area contributed by atoms with E-state index < -0.39 is 0 Å². The molecule has 2 aromatic rings. The zero-order valence-corrected chi connectivity index (χ0v) is 13.8. The standard InChI is InChI=1S/C17H21N3OS/c1-12-7-13(2)9-20(8-12)16(21)10-22-17-14-5-3-4-6-15(14)18-11-19-17/h3-6,11-13H,7-10H2,1-2H3. The number of amides is 1. The lowest BCUT2D eigenvalue weighted by Crippen LogP contribution is -2.43. The molecule has 0 bridgehead atoms. The first-order chi connectivity index (χ1) is 10.6. The monoisotopic (exact) mass is 315 g/mol. The fourth-order valence-corrected chi connectivity index (χ4v) is 4.08. The predicted octanol–water partition coefficient (Wildman–Crippen LogP) is 3.23. The Balaban J connectivity index is 1.67. The van der Waals surface area contributed by atoms with Gasteiger partial charge in [0.2, 0.25) is 5.91 Å². The number of fused-ring (bicyclic) bond motifs is 1. The molecule has 1 saturated heterocycles. The Morgan fingerprint density at radius 1 is 1.23 bits per heavy atom. The van der Waals surface area contributed by atoms with Crippen molar-refractivity contribution in [2.24, 2.45) is 11.8 Å². The zero-order valence-electron chi connectivity index (χ0n) is 13.0. The second kappa shape index (κ2) is 6.65. The van der Waals surface area contributed by atoms with Crippen LogP contribution in [0.25, 0.3) is 10.9 Å². The van der Waals surface area contributed by atoms with E-state index in [2.05, 4.69) is 23.8 Å². The van der Waals surface area contributed by atoms with E-state index in [1.165, 1.54) is 18.2 Å². The smallest absolute Gasteiger partial charge is 0.233 e. The summed E-state index contributed by atoms with van der Waals surface area (Å²) in [5.74, 6) is 1.85.